The Morgan fingerprint density at radius 1 is 1.67 bits per heavy atom. The van der Waals surface area contributed by atoms with E-state index in [1.54, 1.807) is 6.07 Å². The number of hydrogen-bond donors (Lipinski definition) is 2. The van der Waals surface area contributed by atoms with E-state index in [-0.39, 0.29) is 11.3 Å². The molecule has 0 aliphatic carbocycles. The van der Waals surface area contributed by atoms with Crippen molar-refractivity contribution in [1.29, 1.82) is 5.26 Å². The largest absolute Gasteiger partial charge is 0.324 e. The van der Waals surface area contributed by atoms with Crippen molar-refractivity contribution in [2.24, 2.45) is 5.73 Å². The molecule has 15 heavy (non-hydrogen) atoms. The summed E-state index contributed by atoms with van der Waals surface area (Å²) in [7, 11) is 0. The van der Waals surface area contributed by atoms with E-state index in [0.29, 0.717) is 0 Å². The Kier molecular flexibility index (Phi) is 3.37. The van der Waals surface area contributed by atoms with Crippen LogP contribution in [0.3, 0.4) is 0 Å². The van der Waals surface area contributed by atoms with Gasteiger partial charge in [-0.25, -0.2) is 4.39 Å². The number of hydrogen-bond acceptors (Lipinski definition) is 3. The lowest BCUT2D eigenvalue weighted by molar-refractivity contribution is -0.117. The highest BCUT2D eigenvalue weighted by Crippen LogP contribution is 2.15. The van der Waals surface area contributed by atoms with Gasteiger partial charge in [-0.2, -0.15) is 5.26 Å². The van der Waals surface area contributed by atoms with Crippen LogP contribution in [0.2, 0.25) is 0 Å². The van der Waals surface area contributed by atoms with Crippen molar-refractivity contribution >= 4 is 11.6 Å². The van der Waals surface area contributed by atoms with Crippen LogP contribution >= 0.6 is 0 Å². The molecule has 0 bridgehead atoms. The first-order valence-corrected chi connectivity index (χ1v) is 4.30. The number of nitrogens with two attached hydrogens (primary N) is 1. The lowest BCUT2D eigenvalue weighted by Gasteiger charge is -2.08. The number of halogens is 1. The first kappa shape index (κ1) is 11.1. The molecule has 0 aromatic heterocycles. The molecule has 0 aliphatic heterocycles. The van der Waals surface area contributed by atoms with E-state index in [2.05, 4.69) is 5.32 Å². The van der Waals surface area contributed by atoms with Gasteiger partial charge in [-0.15, -0.1) is 0 Å². The van der Waals surface area contributed by atoms with Crippen molar-refractivity contribution < 1.29 is 9.18 Å². The molecule has 1 aromatic rings. The maximum atomic E-state index is 12.7. The molecule has 0 radical (unpaired) electrons. The number of nitrogens with one attached hydrogen (secondary N) is 1. The van der Waals surface area contributed by atoms with Crippen LogP contribution in [0, 0.1) is 17.1 Å². The molecule has 1 rings (SSSR count). The zero-order valence-electron chi connectivity index (χ0n) is 8.12. The highest BCUT2D eigenvalue weighted by atomic mass is 19.1. The summed E-state index contributed by atoms with van der Waals surface area (Å²) >= 11 is 0. The molecule has 0 heterocycles. The van der Waals surface area contributed by atoms with Gasteiger partial charge in [0.2, 0.25) is 5.91 Å². The Morgan fingerprint density at radius 3 is 2.87 bits per heavy atom. The number of anilines is 1. The molecule has 0 saturated heterocycles. The van der Waals surface area contributed by atoms with E-state index in [4.69, 9.17) is 11.0 Å². The molecule has 0 spiro atoms. The third kappa shape index (κ3) is 2.76. The number of nitriles is 1. The Morgan fingerprint density at radius 2 is 2.33 bits per heavy atom. The zero-order valence-corrected chi connectivity index (χ0v) is 8.12. The van der Waals surface area contributed by atoms with Crippen molar-refractivity contribution in [3.63, 3.8) is 0 Å². The smallest absolute Gasteiger partial charge is 0.241 e. The molecule has 0 unspecified atom stereocenters. The summed E-state index contributed by atoms with van der Waals surface area (Å²) in [6.07, 6.45) is 0. The van der Waals surface area contributed by atoms with E-state index >= 15 is 0 Å². The van der Waals surface area contributed by atoms with Gasteiger partial charge in [0.25, 0.3) is 0 Å². The molecule has 4 nitrogen and oxygen atoms in total. The highest BCUT2D eigenvalue weighted by molar-refractivity contribution is 5.95. The van der Waals surface area contributed by atoms with Crippen LogP contribution in [-0.4, -0.2) is 11.9 Å². The Bertz CT molecular complexity index is 423. The average Bonchev–Trinajstić information content (AvgIpc) is 2.20. The number of benzene rings is 1. The monoisotopic (exact) mass is 207 g/mol. The summed E-state index contributed by atoms with van der Waals surface area (Å²) in [4.78, 5) is 11.2. The van der Waals surface area contributed by atoms with Gasteiger partial charge in [-0.1, -0.05) is 0 Å². The molecule has 0 aliphatic rings. The van der Waals surface area contributed by atoms with Gasteiger partial charge >= 0.3 is 0 Å². The van der Waals surface area contributed by atoms with Crippen molar-refractivity contribution in [1.82, 2.24) is 0 Å². The maximum Gasteiger partial charge on any atom is 0.241 e. The molecule has 78 valence electrons. The highest BCUT2D eigenvalue weighted by Gasteiger charge is 2.10. The van der Waals surface area contributed by atoms with Crippen LogP contribution in [-0.2, 0) is 4.79 Å². The van der Waals surface area contributed by atoms with Gasteiger partial charge in [0.15, 0.2) is 0 Å². The number of amides is 1. The lowest BCUT2D eigenvalue weighted by atomic mass is 10.2. The molecule has 0 fully saturated rings. The van der Waals surface area contributed by atoms with Gasteiger partial charge in [-0.3, -0.25) is 4.79 Å². The molecule has 3 N–H and O–H groups in total. The SMILES string of the molecule is C[C@@H](N)C(=O)Nc1ccc(F)cc1C#N. The molecular formula is C10H10FN3O. The molecule has 1 amide bonds. The van der Waals surface area contributed by atoms with Crippen molar-refractivity contribution in [3.8, 4) is 6.07 Å². The van der Waals surface area contributed by atoms with Gasteiger partial charge < -0.3 is 11.1 Å². The maximum absolute atomic E-state index is 12.7. The van der Waals surface area contributed by atoms with Crippen molar-refractivity contribution in [2.75, 3.05) is 5.32 Å². The van der Waals surface area contributed by atoms with Gasteiger partial charge in [0, 0.05) is 0 Å². The normalized spacial score (nSPS) is 11.6. The van der Waals surface area contributed by atoms with Crippen LogP contribution in [0.15, 0.2) is 18.2 Å². The predicted octanol–water partition coefficient (Wildman–Crippen LogP) is 0.983. The fourth-order valence-electron chi connectivity index (χ4n) is 0.965. The minimum absolute atomic E-state index is 0.0731. The number of carbonyl (C=O) groups is 1. The van der Waals surface area contributed by atoms with Crippen molar-refractivity contribution in [3.05, 3.63) is 29.6 Å². The van der Waals surface area contributed by atoms with Crippen LogP contribution in [0.5, 0.6) is 0 Å². The Balaban J connectivity index is 2.96. The van der Waals surface area contributed by atoms with E-state index in [1.807, 2.05) is 0 Å². The number of carbonyl (C=O) groups excluding carboxylic acids is 1. The fraction of sp³-hybridized carbons (Fsp3) is 0.200. The average molecular weight is 207 g/mol. The Hall–Kier alpha value is -1.93. The molecule has 1 aromatic carbocycles. The second-order valence-corrected chi connectivity index (χ2v) is 3.08. The zero-order chi connectivity index (χ0) is 11.4. The lowest BCUT2D eigenvalue weighted by Crippen LogP contribution is -2.32. The number of nitrogens with zero attached hydrogens (tertiary/aromatic N) is 1. The minimum Gasteiger partial charge on any atom is -0.324 e. The Labute approximate surface area is 86.5 Å². The van der Waals surface area contributed by atoms with Crippen LogP contribution in [0.1, 0.15) is 12.5 Å². The van der Waals surface area contributed by atoms with Crippen LogP contribution in [0.4, 0.5) is 10.1 Å². The summed E-state index contributed by atoms with van der Waals surface area (Å²) in [5, 5.41) is 11.1. The third-order valence-electron chi connectivity index (χ3n) is 1.77. The summed E-state index contributed by atoms with van der Waals surface area (Å²) in [5.74, 6) is -0.941. The van der Waals surface area contributed by atoms with E-state index in [0.717, 1.165) is 12.1 Å². The first-order chi connectivity index (χ1) is 7.04. The standard InChI is InChI=1S/C10H10FN3O/c1-6(13)10(15)14-9-3-2-8(11)4-7(9)5-12/h2-4,6H,13H2,1H3,(H,14,15)/t6-/m1/s1. The van der Waals surface area contributed by atoms with E-state index in [1.165, 1.54) is 13.0 Å². The van der Waals surface area contributed by atoms with E-state index in [9.17, 15) is 9.18 Å². The molecular weight excluding hydrogens is 197 g/mol. The van der Waals surface area contributed by atoms with E-state index < -0.39 is 17.8 Å². The molecule has 0 saturated carbocycles. The fourth-order valence-corrected chi connectivity index (χ4v) is 0.965. The number of rotatable bonds is 2. The van der Waals surface area contributed by atoms with Gasteiger partial charge in [0.05, 0.1) is 17.3 Å². The summed E-state index contributed by atoms with van der Waals surface area (Å²) in [6, 6.07) is 4.65. The second-order valence-electron chi connectivity index (χ2n) is 3.08. The quantitative estimate of drug-likeness (QED) is 0.758. The van der Waals surface area contributed by atoms with Crippen LogP contribution in [0.25, 0.3) is 0 Å². The first-order valence-electron chi connectivity index (χ1n) is 4.30. The second kappa shape index (κ2) is 4.53. The summed E-state index contributed by atoms with van der Waals surface area (Å²) in [5.41, 5.74) is 5.67. The molecule has 5 heteroatoms. The van der Waals surface area contributed by atoms with Crippen molar-refractivity contribution in [2.45, 2.75) is 13.0 Å². The molecule has 1 atom stereocenters. The minimum atomic E-state index is -0.679. The van der Waals surface area contributed by atoms with Gasteiger partial charge in [0.1, 0.15) is 11.9 Å². The predicted molar refractivity (Wildman–Crippen MR) is 53.4 cm³/mol. The summed E-state index contributed by atoms with van der Waals surface area (Å²) < 4.78 is 12.7. The topological polar surface area (TPSA) is 78.9 Å². The van der Waals surface area contributed by atoms with Crippen LogP contribution < -0.4 is 11.1 Å². The summed E-state index contributed by atoms with van der Waals surface area (Å²) in [6.45, 7) is 1.52. The van der Waals surface area contributed by atoms with Gasteiger partial charge in [-0.05, 0) is 25.1 Å². The third-order valence-corrected chi connectivity index (χ3v) is 1.77.